The average Bonchev–Trinajstić information content (AvgIpc) is 3.10. The summed E-state index contributed by atoms with van der Waals surface area (Å²) in [6, 6.07) is 14.3. The fourth-order valence-electron chi connectivity index (χ4n) is 3.75. The van der Waals surface area contributed by atoms with E-state index in [1.54, 1.807) is 7.11 Å². The average molecular weight is 352 g/mol. The molecule has 5 heteroatoms. The van der Waals surface area contributed by atoms with Crippen LogP contribution in [0.4, 0.5) is 5.69 Å². The maximum Gasteiger partial charge on any atom is 0.226 e. The van der Waals surface area contributed by atoms with Gasteiger partial charge in [-0.25, -0.2) is 0 Å². The second-order valence-electron chi connectivity index (χ2n) is 6.84. The highest BCUT2D eigenvalue weighted by atomic mass is 16.5. The molecule has 0 saturated carbocycles. The summed E-state index contributed by atoms with van der Waals surface area (Å²) >= 11 is 0. The summed E-state index contributed by atoms with van der Waals surface area (Å²) in [5.74, 6) is 1.53. The summed E-state index contributed by atoms with van der Waals surface area (Å²) < 4.78 is 11.0. The number of amides is 1. The molecule has 26 heavy (non-hydrogen) atoms. The monoisotopic (exact) mass is 352 g/mol. The number of nitrogens with zero attached hydrogens (tertiary/aromatic N) is 1. The molecule has 0 saturated heterocycles. The number of carbonyl (C=O) groups excluding carboxylic acids is 1. The lowest BCUT2D eigenvalue weighted by atomic mass is 9.96. The van der Waals surface area contributed by atoms with Crippen molar-refractivity contribution in [3.8, 4) is 11.5 Å². The zero-order chi connectivity index (χ0) is 17.9. The molecule has 0 radical (unpaired) electrons. The Morgan fingerprint density at radius 2 is 2.15 bits per heavy atom. The topological polar surface area (TPSA) is 50.8 Å². The number of fused-ring (bicyclic) bond motifs is 2. The highest BCUT2D eigenvalue weighted by Crippen LogP contribution is 2.31. The lowest BCUT2D eigenvalue weighted by Crippen LogP contribution is -2.40. The summed E-state index contributed by atoms with van der Waals surface area (Å²) in [5.41, 5.74) is 3.75. The molecule has 0 spiro atoms. The molecule has 2 heterocycles. The quantitative estimate of drug-likeness (QED) is 0.898. The van der Waals surface area contributed by atoms with Gasteiger partial charge in [0.1, 0.15) is 18.1 Å². The van der Waals surface area contributed by atoms with Gasteiger partial charge in [0.25, 0.3) is 0 Å². The van der Waals surface area contributed by atoms with Crippen LogP contribution in [0.1, 0.15) is 11.1 Å². The Labute approximate surface area is 153 Å². The van der Waals surface area contributed by atoms with Crippen molar-refractivity contribution in [1.29, 1.82) is 0 Å². The highest BCUT2D eigenvalue weighted by molar-refractivity contribution is 5.79. The molecule has 0 unspecified atom stereocenters. The van der Waals surface area contributed by atoms with Gasteiger partial charge in [-0.2, -0.15) is 0 Å². The molecule has 5 nitrogen and oxygen atoms in total. The molecule has 1 atom stereocenters. The number of ether oxygens (including phenoxy) is 2. The summed E-state index contributed by atoms with van der Waals surface area (Å²) in [7, 11) is 1.64. The minimum Gasteiger partial charge on any atom is -0.497 e. The number of methoxy groups -OCH3 is 1. The van der Waals surface area contributed by atoms with Gasteiger partial charge < -0.3 is 19.7 Å². The standard InChI is InChI=1S/C21H24N2O3/c1-25-18-7-6-16-12-17(14-26-20(16)13-18)21(24)22-9-11-23-10-8-15-4-2-3-5-19(15)23/h2-7,13,17H,8-12,14H2,1H3,(H,22,24)/t17-/m1/s1. The first kappa shape index (κ1) is 16.8. The van der Waals surface area contributed by atoms with Crippen molar-refractivity contribution in [3.05, 3.63) is 53.6 Å². The van der Waals surface area contributed by atoms with Crippen LogP contribution in [-0.4, -0.2) is 39.3 Å². The van der Waals surface area contributed by atoms with E-state index in [4.69, 9.17) is 9.47 Å². The molecule has 2 aliphatic rings. The molecule has 1 N–H and O–H groups in total. The number of nitrogens with one attached hydrogen (secondary N) is 1. The van der Waals surface area contributed by atoms with Crippen LogP contribution >= 0.6 is 0 Å². The SMILES string of the molecule is COc1ccc2c(c1)OC[C@H](C(=O)NCCN1CCc3ccccc31)C2. The Morgan fingerprint density at radius 3 is 3.04 bits per heavy atom. The van der Waals surface area contributed by atoms with Gasteiger partial charge in [-0.15, -0.1) is 0 Å². The van der Waals surface area contributed by atoms with E-state index in [0.29, 0.717) is 19.6 Å². The van der Waals surface area contributed by atoms with Gasteiger partial charge >= 0.3 is 0 Å². The minimum atomic E-state index is -0.137. The minimum absolute atomic E-state index is 0.0685. The number of anilines is 1. The van der Waals surface area contributed by atoms with Crippen LogP contribution in [0.5, 0.6) is 11.5 Å². The van der Waals surface area contributed by atoms with Crippen LogP contribution in [0.3, 0.4) is 0 Å². The summed E-state index contributed by atoms with van der Waals surface area (Å²) in [6.45, 7) is 2.93. The number of para-hydroxylation sites is 1. The Balaban J connectivity index is 1.29. The van der Waals surface area contributed by atoms with Crippen LogP contribution in [0.25, 0.3) is 0 Å². The molecule has 1 amide bonds. The van der Waals surface area contributed by atoms with Crippen molar-refractivity contribution >= 4 is 11.6 Å². The maximum atomic E-state index is 12.5. The van der Waals surface area contributed by atoms with Gasteiger partial charge in [-0.1, -0.05) is 24.3 Å². The van der Waals surface area contributed by atoms with Crippen molar-refractivity contribution < 1.29 is 14.3 Å². The molecule has 0 bridgehead atoms. The molecule has 4 rings (SSSR count). The van der Waals surface area contributed by atoms with Crippen LogP contribution in [0.15, 0.2) is 42.5 Å². The van der Waals surface area contributed by atoms with Gasteiger partial charge in [0.2, 0.25) is 5.91 Å². The maximum absolute atomic E-state index is 12.5. The van der Waals surface area contributed by atoms with Gasteiger partial charge in [0.05, 0.1) is 13.0 Å². The van der Waals surface area contributed by atoms with Crippen LogP contribution in [0.2, 0.25) is 0 Å². The Hall–Kier alpha value is -2.69. The third-order valence-electron chi connectivity index (χ3n) is 5.22. The highest BCUT2D eigenvalue weighted by Gasteiger charge is 2.26. The van der Waals surface area contributed by atoms with E-state index in [0.717, 1.165) is 36.6 Å². The van der Waals surface area contributed by atoms with Gasteiger partial charge in [0.15, 0.2) is 0 Å². The Kier molecular flexibility index (Phi) is 4.69. The van der Waals surface area contributed by atoms with Gasteiger partial charge in [-0.05, 0) is 36.1 Å². The van der Waals surface area contributed by atoms with E-state index in [1.165, 1.54) is 11.3 Å². The summed E-state index contributed by atoms with van der Waals surface area (Å²) in [4.78, 5) is 14.9. The Bertz CT molecular complexity index is 806. The normalized spacial score (nSPS) is 17.9. The molecule has 0 fully saturated rings. The van der Waals surface area contributed by atoms with E-state index >= 15 is 0 Å². The number of hydrogen-bond acceptors (Lipinski definition) is 4. The van der Waals surface area contributed by atoms with Crippen molar-refractivity contribution in [2.45, 2.75) is 12.8 Å². The third kappa shape index (κ3) is 3.34. The van der Waals surface area contributed by atoms with Crippen LogP contribution < -0.4 is 19.7 Å². The molecule has 2 aromatic rings. The second kappa shape index (κ2) is 7.28. The van der Waals surface area contributed by atoms with Crippen LogP contribution in [-0.2, 0) is 17.6 Å². The zero-order valence-electron chi connectivity index (χ0n) is 15.0. The first-order valence-corrected chi connectivity index (χ1v) is 9.15. The lowest BCUT2D eigenvalue weighted by molar-refractivity contribution is -0.126. The molecule has 2 aromatic carbocycles. The third-order valence-corrected chi connectivity index (χ3v) is 5.22. The number of hydrogen-bond donors (Lipinski definition) is 1. The zero-order valence-corrected chi connectivity index (χ0v) is 15.0. The van der Waals surface area contributed by atoms with E-state index in [9.17, 15) is 4.79 Å². The van der Waals surface area contributed by atoms with Crippen LogP contribution in [0, 0.1) is 5.92 Å². The lowest BCUT2D eigenvalue weighted by Gasteiger charge is -2.25. The molecular weight excluding hydrogens is 328 g/mol. The number of rotatable bonds is 5. The first-order chi connectivity index (χ1) is 12.7. The Morgan fingerprint density at radius 1 is 1.27 bits per heavy atom. The number of benzene rings is 2. The van der Waals surface area contributed by atoms with E-state index in [2.05, 4.69) is 34.5 Å². The summed E-state index contributed by atoms with van der Waals surface area (Å²) in [6.07, 6.45) is 1.79. The van der Waals surface area contributed by atoms with Gasteiger partial charge in [-0.3, -0.25) is 4.79 Å². The van der Waals surface area contributed by atoms with E-state index in [1.807, 2.05) is 18.2 Å². The van der Waals surface area contributed by atoms with Crippen molar-refractivity contribution in [3.63, 3.8) is 0 Å². The molecule has 0 aliphatic carbocycles. The predicted octanol–water partition coefficient (Wildman–Crippen LogP) is 2.43. The smallest absolute Gasteiger partial charge is 0.226 e. The second-order valence-corrected chi connectivity index (χ2v) is 6.84. The van der Waals surface area contributed by atoms with Crippen molar-refractivity contribution in [1.82, 2.24) is 5.32 Å². The molecule has 2 aliphatic heterocycles. The van der Waals surface area contributed by atoms with E-state index in [-0.39, 0.29) is 11.8 Å². The van der Waals surface area contributed by atoms with Crippen molar-refractivity contribution in [2.75, 3.05) is 38.3 Å². The van der Waals surface area contributed by atoms with Crippen molar-refractivity contribution in [2.24, 2.45) is 5.92 Å². The number of carbonyl (C=O) groups is 1. The predicted molar refractivity (Wildman–Crippen MR) is 101 cm³/mol. The molecule has 0 aromatic heterocycles. The largest absolute Gasteiger partial charge is 0.497 e. The van der Waals surface area contributed by atoms with Gasteiger partial charge in [0, 0.05) is 31.4 Å². The summed E-state index contributed by atoms with van der Waals surface area (Å²) in [5, 5.41) is 3.08. The first-order valence-electron chi connectivity index (χ1n) is 9.15. The molecular formula is C21H24N2O3. The van der Waals surface area contributed by atoms with E-state index < -0.39 is 0 Å². The fourth-order valence-corrected chi connectivity index (χ4v) is 3.75. The fraction of sp³-hybridized carbons (Fsp3) is 0.381. The molecule has 136 valence electrons.